The van der Waals surface area contributed by atoms with E-state index in [1.165, 1.54) is 11.3 Å². The van der Waals surface area contributed by atoms with Gasteiger partial charge in [-0.05, 0) is 23.6 Å². The molecule has 0 bridgehead atoms. The number of thiophene rings is 2. The topological polar surface area (TPSA) is 49.3 Å². The van der Waals surface area contributed by atoms with Gasteiger partial charge < -0.3 is 10.4 Å². The SMILES string of the molecule is O=C(O)CC(NCc1ccc(Cl)s1)c1cccs1. The zero-order valence-corrected chi connectivity index (χ0v) is 11.8. The van der Waals surface area contributed by atoms with Crippen LogP contribution in [-0.2, 0) is 11.3 Å². The van der Waals surface area contributed by atoms with Crippen molar-refractivity contribution in [3.05, 3.63) is 43.7 Å². The van der Waals surface area contributed by atoms with Gasteiger partial charge in [0.1, 0.15) is 0 Å². The molecule has 0 aliphatic carbocycles. The summed E-state index contributed by atoms with van der Waals surface area (Å²) in [6.45, 7) is 0.632. The molecule has 6 heteroatoms. The van der Waals surface area contributed by atoms with Crippen LogP contribution in [-0.4, -0.2) is 11.1 Å². The molecule has 0 aliphatic rings. The molecule has 2 rings (SSSR count). The highest BCUT2D eigenvalue weighted by Gasteiger charge is 2.16. The number of halogens is 1. The quantitative estimate of drug-likeness (QED) is 0.854. The van der Waals surface area contributed by atoms with Gasteiger partial charge in [-0.15, -0.1) is 22.7 Å². The van der Waals surface area contributed by atoms with E-state index < -0.39 is 5.97 Å². The van der Waals surface area contributed by atoms with Crippen LogP contribution < -0.4 is 5.32 Å². The highest BCUT2D eigenvalue weighted by Crippen LogP contribution is 2.25. The third kappa shape index (κ3) is 3.81. The molecule has 0 fully saturated rings. The fraction of sp³-hybridized carbons (Fsp3) is 0.250. The minimum atomic E-state index is -0.801. The van der Waals surface area contributed by atoms with E-state index in [0.717, 1.165) is 14.1 Å². The van der Waals surface area contributed by atoms with Crippen LogP contribution in [0.4, 0.5) is 0 Å². The molecule has 0 radical (unpaired) electrons. The van der Waals surface area contributed by atoms with Crippen LogP contribution in [0.5, 0.6) is 0 Å². The first kappa shape index (κ1) is 13.5. The Morgan fingerprint density at radius 3 is 2.83 bits per heavy atom. The van der Waals surface area contributed by atoms with E-state index in [9.17, 15) is 4.79 Å². The maximum Gasteiger partial charge on any atom is 0.305 e. The molecule has 0 spiro atoms. The van der Waals surface area contributed by atoms with Gasteiger partial charge in [0, 0.05) is 16.3 Å². The van der Waals surface area contributed by atoms with Crippen molar-refractivity contribution < 1.29 is 9.90 Å². The zero-order valence-electron chi connectivity index (χ0n) is 9.43. The van der Waals surface area contributed by atoms with E-state index in [0.29, 0.717) is 6.54 Å². The fourth-order valence-electron chi connectivity index (χ4n) is 1.61. The summed E-state index contributed by atoms with van der Waals surface area (Å²) in [6, 6.07) is 7.53. The summed E-state index contributed by atoms with van der Waals surface area (Å²) in [4.78, 5) is 13.0. The Bertz CT molecular complexity index is 510. The largest absolute Gasteiger partial charge is 0.481 e. The Kier molecular flexibility index (Phi) is 4.77. The van der Waals surface area contributed by atoms with Crippen molar-refractivity contribution in [2.24, 2.45) is 0 Å². The average molecular weight is 302 g/mol. The number of carboxylic acids is 1. The number of aliphatic carboxylic acids is 1. The van der Waals surface area contributed by atoms with Crippen molar-refractivity contribution >= 4 is 40.2 Å². The van der Waals surface area contributed by atoms with E-state index in [-0.39, 0.29) is 12.5 Å². The fourth-order valence-corrected chi connectivity index (χ4v) is 3.45. The summed E-state index contributed by atoms with van der Waals surface area (Å²) in [5.74, 6) is -0.801. The average Bonchev–Trinajstić information content (AvgIpc) is 2.94. The van der Waals surface area contributed by atoms with Gasteiger partial charge in [-0.2, -0.15) is 0 Å². The van der Waals surface area contributed by atoms with E-state index >= 15 is 0 Å². The van der Waals surface area contributed by atoms with Crippen molar-refractivity contribution in [3.8, 4) is 0 Å². The Hall–Kier alpha value is -0.880. The van der Waals surface area contributed by atoms with Crippen molar-refractivity contribution in [1.29, 1.82) is 0 Å². The van der Waals surface area contributed by atoms with Crippen LogP contribution in [0.2, 0.25) is 4.34 Å². The second kappa shape index (κ2) is 6.33. The molecule has 0 aromatic carbocycles. The lowest BCUT2D eigenvalue weighted by molar-refractivity contribution is -0.137. The molecule has 0 amide bonds. The summed E-state index contributed by atoms with van der Waals surface area (Å²) in [7, 11) is 0. The van der Waals surface area contributed by atoms with Crippen molar-refractivity contribution in [3.63, 3.8) is 0 Å². The molecule has 96 valence electrons. The second-order valence-corrected chi connectivity index (χ2v) is 6.53. The van der Waals surface area contributed by atoms with Gasteiger partial charge in [-0.3, -0.25) is 4.79 Å². The number of rotatable bonds is 6. The minimum Gasteiger partial charge on any atom is -0.481 e. The zero-order chi connectivity index (χ0) is 13.0. The number of carbonyl (C=O) groups is 1. The minimum absolute atomic E-state index is 0.0830. The third-order valence-electron chi connectivity index (χ3n) is 2.42. The summed E-state index contributed by atoms with van der Waals surface area (Å²) in [6.07, 6.45) is 0.0830. The summed E-state index contributed by atoms with van der Waals surface area (Å²) < 4.78 is 0.748. The lowest BCUT2D eigenvalue weighted by Gasteiger charge is -2.14. The van der Waals surface area contributed by atoms with Gasteiger partial charge in [0.05, 0.1) is 16.8 Å². The molecule has 1 unspecified atom stereocenters. The standard InChI is InChI=1S/C12H12ClNO2S2/c13-11-4-3-8(18-11)7-14-9(6-12(15)16)10-2-1-5-17-10/h1-5,9,14H,6-7H2,(H,15,16). The van der Waals surface area contributed by atoms with Crippen LogP contribution >= 0.6 is 34.3 Å². The van der Waals surface area contributed by atoms with Gasteiger partial charge in [-0.25, -0.2) is 0 Å². The summed E-state index contributed by atoms with van der Waals surface area (Å²) >= 11 is 8.93. The summed E-state index contributed by atoms with van der Waals surface area (Å²) in [5, 5.41) is 14.1. The van der Waals surface area contributed by atoms with Crippen LogP contribution in [0, 0.1) is 0 Å². The molecule has 2 aromatic heterocycles. The number of hydrogen-bond acceptors (Lipinski definition) is 4. The molecule has 2 heterocycles. The predicted octanol–water partition coefficient (Wildman–Crippen LogP) is 3.77. The lowest BCUT2D eigenvalue weighted by Crippen LogP contribution is -2.22. The predicted molar refractivity (Wildman–Crippen MR) is 75.5 cm³/mol. The molecule has 3 nitrogen and oxygen atoms in total. The van der Waals surface area contributed by atoms with Crippen molar-refractivity contribution in [2.45, 2.75) is 19.0 Å². The molecule has 2 aromatic rings. The van der Waals surface area contributed by atoms with E-state index in [2.05, 4.69) is 5.32 Å². The molecule has 0 saturated heterocycles. The highest BCUT2D eigenvalue weighted by atomic mass is 35.5. The first-order valence-electron chi connectivity index (χ1n) is 5.38. The van der Waals surface area contributed by atoms with E-state index in [1.54, 1.807) is 11.3 Å². The smallest absolute Gasteiger partial charge is 0.305 e. The van der Waals surface area contributed by atoms with Crippen molar-refractivity contribution in [1.82, 2.24) is 5.32 Å². The molecule has 0 aliphatic heterocycles. The monoisotopic (exact) mass is 301 g/mol. The number of nitrogens with one attached hydrogen (secondary N) is 1. The third-order valence-corrected chi connectivity index (χ3v) is 4.63. The maximum absolute atomic E-state index is 10.9. The normalized spacial score (nSPS) is 12.5. The Morgan fingerprint density at radius 1 is 1.44 bits per heavy atom. The van der Waals surface area contributed by atoms with E-state index in [4.69, 9.17) is 16.7 Å². The summed E-state index contributed by atoms with van der Waals surface area (Å²) in [5.41, 5.74) is 0. The second-order valence-electron chi connectivity index (χ2n) is 3.75. The molecular weight excluding hydrogens is 290 g/mol. The van der Waals surface area contributed by atoms with Gasteiger partial charge in [0.2, 0.25) is 0 Å². The van der Waals surface area contributed by atoms with E-state index in [1.807, 2.05) is 29.6 Å². The lowest BCUT2D eigenvalue weighted by atomic mass is 10.1. The molecule has 2 N–H and O–H groups in total. The Balaban J connectivity index is 1.99. The highest BCUT2D eigenvalue weighted by molar-refractivity contribution is 7.16. The first-order chi connectivity index (χ1) is 8.65. The van der Waals surface area contributed by atoms with Crippen LogP contribution in [0.3, 0.4) is 0 Å². The van der Waals surface area contributed by atoms with Gasteiger partial charge >= 0.3 is 5.97 Å². The number of carboxylic acid groups (broad SMARTS) is 1. The van der Waals surface area contributed by atoms with Crippen molar-refractivity contribution in [2.75, 3.05) is 0 Å². The van der Waals surface area contributed by atoms with Crippen LogP contribution in [0.15, 0.2) is 29.6 Å². The number of hydrogen-bond donors (Lipinski definition) is 2. The Labute approximate surface area is 118 Å². The van der Waals surface area contributed by atoms with Crippen LogP contribution in [0.1, 0.15) is 22.2 Å². The molecule has 0 saturated carbocycles. The van der Waals surface area contributed by atoms with Gasteiger partial charge in [0.25, 0.3) is 0 Å². The molecule has 18 heavy (non-hydrogen) atoms. The van der Waals surface area contributed by atoms with Gasteiger partial charge in [-0.1, -0.05) is 17.7 Å². The van der Waals surface area contributed by atoms with Gasteiger partial charge in [0.15, 0.2) is 0 Å². The van der Waals surface area contributed by atoms with Crippen LogP contribution in [0.25, 0.3) is 0 Å². The molecule has 1 atom stereocenters. The maximum atomic E-state index is 10.9. The first-order valence-corrected chi connectivity index (χ1v) is 7.45. The Morgan fingerprint density at radius 2 is 2.28 bits per heavy atom. The molecular formula is C12H12ClNO2S2.